The van der Waals surface area contributed by atoms with Crippen molar-refractivity contribution in [2.75, 3.05) is 23.9 Å². The van der Waals surface area contributed by atoms with Crippen LogP contribution in [0.15, 0.2) is 41.8 Å². The van der Waals surface area contributed by atoms with E-state index in [0.29, 0.717) is 33.0 Å². The van der Waals surface area contributed by atoms with Crippen LogP contribution in [0.2, 0.25) is 5.02 Å². The maximum Gasteiger partial charge on any atom is 0.267 e. The summed E-state index contributed by atoms with van der Waals surface area (Å²) in [5, 5.41) is 5.69. The number of ether oxygens (including phenoxy) is 2. The molecule has 1 aliphatic rings. The molecule has 31 heavy (non-hydrogen) atoms. The predicted molar refractivity (Wildman–Crippen MR) is 121 cm³/mol. The molecule has 2 aromatic carbocycles. The Hall–Kier alpha value is -3.10. The van der Waals surface area contributed by atoms with Crippen LogP contribution in [0.25, 0.3) is 11.3 Å². The zero-order valence-electron chi connectivity index (χ0n) is 17.1. The highest BCUT2D eigenvalue weighted by Gasteiger charge is 2.29. The van der Waals surface area contributed by atoms with E-state index < -0.39 is 6.10 Å². The number of nitrogens with one attached hydrogen (secondary N) is 1. The molecule has 7 nitrogen and oxygen atoms in total. The van der Waals surface area contributed by atoms with E-state index in [9.17, 15) is 9.59 Å². The number of rotatable bonds is 5. The third-order valence-electron chi connectivity index (χ3n) is 4.85. The van der Waals surface area contributed by atoms with Gasteiger partial charge in [-0.15, -0.1) is 11.3 Å². The largest absolute Gasteiger partial charge is 0.484 e. The van der Waals surface area contributed by atoms with Crippen LogP contribution in [0.4, 0.5) is 10.8 Å². The second kappa shape index (κ2) is 8.56. The van der Waals surface area contributed by atoms with Crippen molar-refractivity contribution in [3.63, 3.8) is 0 Å². The first-order valence-corrected chi connectivity index (χ1v) is 10.8. The summed E-state index contributed by atoms with van der Waals surface area (Å²) < 4.78 is 11.2. The number of hydrogen-bond acceptors (Lipinski definition) is 6. The smallest absolute Gasteiger partial charge is 0.267 e. The summed E-state index contributed by atoms with van der Waals surface area (Å²) in [5.74, 6) is 0.802. The van der Waals surface area contributed by atoms with Crippen molar-refractivity contribution in [3.8, 4) is 22.8 Å². The fourth-order valence-electron chi connectivity index (χ4n) is 3.15. The highest BCUT2D eigenvalue weighted by Crippen LogP contribution is 2.37. The molecule has 0 radical (unpaired) electrons. The van der Waals surface area contributed by atoms with E-state index in [1.165, 1.54) is 11.3 Å². The van der Waals surface area contributed by atoms with Crippen molar-refractivity contribution in [1.29, 1.82) is 0 Å². The van der Waals surface area contributed by atoms with Crippen LogP contribution in [0.3, 0.4) is 0 Å². The number of benzene rings is 2. The summed E-state index contributed by atoms with van der Waals surface area (Å²) in [5.41, 5.74) is 3.07. The number of thiazole rings is 1. The van der Waals surface area contributed by atoms with Gasteiger partial charge in [0.05, 0.1) is 11.4 Å². The third kappa shape index (κ3) is 4.50. The minimum absolute atomic E-state index is 0.105. The average Bonchev–Trinajstić information content (AvgIpc) is 3.21. The number of amides is 2. The van der Waals surface area contributed by atoms with E-state index in [4.69, 9.17) is 21.1 Å². The van der Waals surface area contributed by atoms with Gasteiger partial charge in [0.1, 0.15) is 11.5 Å². The molecule has 0 bridgehead atoms. The first kappa shape index (κ1) is 21.1. The summed E-state index contributed by atoms with van der Waals surface area (Å²) in [7, 11) is 1.72. The normalized spacial score (nSPS) is 15.3. The van der Waals surface area contributed by atoms with Gasteiger partial charge >= 0.3 is 0 Å². The molecule has 2 heterocycles. The van der Waals surface area contributed by atoms with Crippen molar-refractivity contribution in [2.24, 2.45) is 0 Å². The maximum atomic E-state index is 12.2. The van der Waals surface area contributed by atoms with Gasteiger partial charge in [0, 0.05) is 23.0 Å². The Balaban J connectivity index is 1.42. The van der Waals surface area contributed by atoms with Gasteiger partial charge in [-0.3, -0.25) is 14.9 Å². The molecule has 1 unspecified atom stereocenters. The molecule has 0 spiro atoms. The Labute approximate surface area is 188 Å². The lowest BCUT2D eigenvalue weighted by atomic mass is 10.1. The predicted octanol–water partition coefficient (Wildman–Crippen LogP) is 4.53. The van der Waals surface area contributed by atoms with Crippen molar-refractivity contribution < 1.29 is 19.1 Å². The first-order chi connectivity index (χ1) is 14.8. The zero-order chi connectivity index (χ0) is 22.1. The molecule has 1 atom stereocenters. The Kier molecular flexibility index (Phi) is 5.84. The average molecular weight is 458 g/mol. The van der Waals surface area contributed by atoms with Gasteiger partial charge in [-0.1, -0.05) is 11.6 Å². The van der Waals surface area contributed by atoms with Crippen LogP contribution in [0.5, 0.6) is 11.5 Å². The molecule has 0 saturated carbocycles. The maximum absolute atomic E-state index is 12.2. The van der Waals surface area contributed by atoms with Gasteiger partial charge < -0.3 is 14.4 Å². The standard InChI is InChI=1S/C22H20ClN3O4S/c1-12-8-15(5-6-16(12)23)29-10-20(27)25-22-24-17(11-31-22)14-4-7-19-18(9-14)26(3)21(28)13(2)30-19/h4-9,11,13H,10H2,1-3H3,(H,24,25,27). The van der Waals surface area contributed by atoms with Crippen LogP contribution in [-0.2, 0) is 9.59 Å². The zero-order valence-corrected chi connectivity index (χ0v) is 18.7. The number of hydrogen-bond donors (Lipinski definition) is 1. The van der Waals surface area contributed by atoms with Gasteiger partial charge in [0.25, 0.3) is 11.8 Å². The van der Waals surface area contributed by atoms with Gasteiger partial charge in [-0.2, -0.15) is 0 Å². The van der Waals surface area contributed by atoms with E-state index in [-0.39, 0.29) is 18.4 Å². The number of nitrogens with zero attached hydrogens (tertiary/aromatic N) is 2. The van der Waals surface area contributed by atoms with E-state index in [1.54, 1.807) is 37.1 Å². The van der Waals surface area contributed by atoms with Crippen molar-refractivity contribution >= 4 is 45.6 Å². The lowest BCUT2D eigenvalue weighted by molar-refractivity contribution is -0.125. The minimum atomic E-state index is -0.511. The molecule has 0 fully saturated rings. The van der Waals surface area contributed by atoms with E-state index in [1.807, 2.05) is 30.5 Å². The molecule has 1 N–H and O–H groups in total. The molecular weight excluding hydrogens is 438 g/mol. The Bertz CT molecular complexity index is 1160. The quantitative estimate of drug-likeness (QED) is 0.608. The summed E-state index contributed by atoms with van der Waals surface area (Å²) in [6.07, 6.45) is -0.511. The second-order valence-corrected chi connectivity index (χ2v) is 8.39. The van der Waals surface area contributed by atoms with Crippen LogP contribution in [0.1, 0.15) is 12.5 Å². The van der Waals surface area contributed by atoms with Crippen LogP contribution in [0, 0.1) is 6.92 Å². The number of likely N-dealkylation sites (N-methyl/N-ethyl adjacent to an activating group) is 1. The van der Waals surface area contributed by atoms with Crippen LogP contribution >= 0.6 is 22.9 Å². The fraction of sp³-hybridized carbons (Fsp3) is 0.227. The lowest BCUT2D eigenvalue weighted by Gasteiger charge is -2.30. The highest BCUT2D eigenvalue weighted by atomic mass is 35.5. The fourth-order valence-corrected chi connectivity index (χ4v) is 4.00. The number of anilines is 2. The van der Waals surface area contributed by atoms with Gasteiger partial charge in [0.2, 0.25) is 0 Å². The van der Waals surface area contributed by atoms with E-state index in [2.05, 4.69) is 10.3 Å². The van der Waals surface area contributed by atoms with E-state index >= 15 is 0 Å². The molecule has 0 saturated heterocycles. The van der Waals surface area contributed by atoms with Crippen molar-refractivity contribution in [2.45, 2.75) is 20.0 Å². The summed E-state index contributed by atoms with van der Waals surface area (Å²) in [6.45, 7) is 3.45. The molecule has 1 aromatic heterocycles. The molecule has 3 aromatic rings. The minimum Gasteiger partial charge on any atom is -0.484 e. The van der Waals surface area contributed by atoms with Gasteiger partial charge in [-0.25, -0.2) is 4.98 Å². The Morgan fingerprint density at radius 1 is 1.32 bits per heavy atom. The van der Waals surface area contributed by atoms with Crippen molar-refractivity contribution in [3.05, 3.63) is 52.4 Å². The second-order valence-electron chi connectivity index (χ2n) is 7.13. The van der Waals surface area contributed by atoms with E-state index in [0.717, 1.165) is 11.1 Å². The van der Waals surface area contributed by atoms with Gasteiger partial charge in [0.15, 0.2) is 17.8 Å². The summed E-state index contributed by atoms with van der Waals surface area (Å²) in [4.78, 5) is 30.5. The molecule has 4 rings (SSSR count). The molecule has 2 amide bonds. The monoisotopic (exact) mass is 457 g/mol. The molecule has 160 valence electrons. The molecule has 0 aliphatic carbocycles. The Morgan fingerprint density at radius 3 is 2.90 bits per heavy atom. The first-order valence-electron chi connectivity index (χ1n) is 9.55. The lowest BCUT2D eigenvalue weighted by Crippen LogP contribution is -2.41. The number of halogens is 1. The highest BCUT2D eigenvalue weighted by molar-refractivity contribution is 7.14. The molecule has 1 aliphatic heterocycles. The van der Waals surface area contributed by atoms with Gasteiger partial charge in [-0.05, 0) is 55.8 Å². The number of carbonyl (C=O) groups excluding carboxylic acids is 2. The molecule has 9 heteroatoms. The topological polar surface area (TPSA) is 80.8 Å². The van der Waals surface area contributed by atoms with Crippen LogP contribution in [-0.4, -0.2) is 36.6 Å². The molecular formula is C22H20ClN3O4S. The number of aromatic nitrogens is 1. The summed E-state index contributed by atoms with van der Waals surface area (Å²) in [6, 6.07) is 10.8. The number of fused-ring (bicyclic) bond motifs is 1. The van der Waals surface area contributed by atoms with Crippen molar-refractivity contribution in [1.82, 2.24) is 4.98 Å². The third-order valence-corrected chi connectivity index (χ3v) is 6.03. The summed E-state index contributed by atoms with van der Waals surface area (Å²) >= 11 is 7.31. The number of aryl methyl sites for hydroxylation is 1. The Morgan fingerprint density at radius 2 is 2.13 bits per heavy atom. The SMILES string of the molecule is Cc1cc(OCC(=O)Nc2nc(-c3ccc4c(c3)N(C)C(=O)C(C)O4)cs2)ccc1Cl. The number of carbonyl (C=O) groups is 2. The van der Waals surface area contributed by atoms with Crippen LogP contribution < -0.4 is 19.7 Å².